The Balaban J connectivity index is 0.00000280. The summed E-state index contributed by atoms with van der Waals surface area (Å²) in [6.45, 7) is 2.57. The highest BCUT2D eigenvalue weighted by atomic mass is 35.5. The molecule has 4 rings (SSSR count). The molecule has 0 saturated carbocycles. The fourth-order valence-corrected chi connectivity index (χ4v) is 5.90. The number of hydrogen-bond donors (Lipinski definition) is 7. The molecule has 12 nitrogen and oxygen atoms in total. The van der Waals surface area contributed by atoms with Crippen LogP contribution in [0.5, 0.6) is 5.75 Å². The van der Waals surface area contributed by atoms with Gasteiger partial charge in [-0.25, -0.2) is 0 Å². The van der Waals surface area contributed by atoms with Crippen molar-refractivity contribution in [2.75, 3.05) is 32.5 Å². The Morgan fingerprint density at radius 3 is 2.38 bits per heavy atom. The van der Waals surface area contributed by atoms with Gasteiger partial charge in [-0.2, -0.15) is 0 Å². The lowest BCUT2D eigenvalue weighted by molar-refractivity contribution is -0.148. The number of aliphatic hydroxyl groups excluding tert-OH is 2. The summed E-state index contributed by atoms with van der Waals surface area (Å²) in [5.41, 5.74) is 1.81. The number of likely N-dealkylation sites (N-methyl/N-ethyl adjacent to an activating group) is 1. The van der Waals surface area contributed by atoms with Crippen molar-refractivity contribution in [3.05, 3.63) is 45.9 Å². The van der Waals surface area contributed by atoms with Crippen molar-refractivity contribution in [1.82, 2.24) is 10.2 Å². The summed E-state index contributed by atoms with van der Waals surface area (Å²) in [6.07, 6.45) is 1.01. The third-order valence-corrected chi connectivity index (χ3v) is 7.58. The van der Waals surface area contributed by atoms with Gasteiger partial charge in [0.05, 0.1) is 23.8 Å². The van der Waals surface area contributed by atoms with Crippen LogP contribution in [0, 0.1) is 11.8 Å². The number of allylic oxidation sites excluding steroid dienone is 1. The van der Waals surface area contributed by atoms with Gasteiger partial charge in [0.25, 0.3) is 5.91 Å². The third kappa shape index (κ3) is 5.06. The molecule has 3 aliphatic carbocycles. The van der Waals surface area contributed by atoms with E-state index in [9.17, 15) is 39.6 Å². The Hall–Kier alpha value is -3.16. The number of phenolic OH excluding ortho intramolecular Hbond substituents is 1. The minimum Gasteiger partial charge on any atom is -0.510 e. The van der Waals surface area contributed by atoms with Gasteiger partial charge >= 0.3 is 0 Å². The smallest absolute Gasteiger partial charge is 0.255 e. The molecule has 4 atom stereocenters. The zero-order chi connectivity index (χ0) is 28.1. The Bertz CT molecular complexity index is 1310. The Morgan fingerprint density at radius 1 is 1.15 bits per heavy atom. The first-order valence-electron chi connectivity index (χ1n) is 12.4. The summed E-state index contributed by atoms with van der Waals surface area (Å²) in [4.78, 5) is 52.7. The first-order valence-corrected chi connectivity index (χ1v) is 12.4. The van der Waals surface area contributed by atoms with E-state index in [1.54, 1.807) is 20.2 Å². The molecule has 2 amide bonds. The standard InChI is InChI=1S/C26H32N4O8.2ClH/c1-4-7-28-10-15(31)29-14-6-5-11-8-12-9-13-19(30(2)3)22(34)18(25(27)37)24(36)26(13,38)23(35)17(12)21(33)16(11)20(14)32;;/h5-6,12-13,19,28,32,34-35,38H,4,7-10H2,1-3H3,(H2,27,37)(H,29,31);2*1H/t12?,13?,19-,26?;;/m0../s1. The van der Waals surface area contributed by atoms with Crippen molar-refractivity contribution in [3.63, 3.8) is 0 Å². The highest BCUT2D eigenvalue weighted by molar-refractivity contribution is 6.25. The molecule has 8 N–H and O–H groups in total. The second-order valence-electron chi connectivity index (χ2n) is 10.2. The van der Waals surface area contributed by atoms with Gasteiger partial charge in [-0.05, 0) is 57.5 Å². The molecule has 0 radical (unpaired) electrons. The lowest BCUT2D eigenvalue weighted by Gasteiger charge is -2.50. The molecule has 0 saturated heterocycles. The van der Waals surface area contributed by atoms with Gasteiger partial charge in [0.15, 0.2) is 17.1 Å². The minimum absolute atomic E-state index is 0. The van der Waals surface area contributed by atoms with Crippen molar-refractivity contribution in [3.8, 4) is 5.75 Å². The Morgan fingerprint density at radius 2 is 1.80 bits per heavy atom. The average Bonchev–Trinajstić information content (AvgIpc) is 2.83. The molecule has 0 aliphatic heterocycles. The topological polar surface area (TPSA) is 203 Å². The predicted molar refractivity (Wildman–Crippen MR) is 150 cm³/mol. The molecule has 1 aromatic carbocycles. The van der Waals surface area contributed by atoms with Crippen molar-refractivity contribution in [1.29, 1.82) is 0 Å². The van der Waals surface area contributed by atoms with E-state index in [0.717, 1.165) is 6.42 Å². The number of primary amides is 1. The molecule has 1 aromatic rings. The summed E-state index contributed by atoms with van der Waals surface area (Å²) in [6, 6.07) is 2.02. The van der Waals surface area contributed by atoms with Gasteiger partial charge in [0.1, 0.15) is 17.1 Å². The SMILES string of the molecule is CCCNCC(=O)Nc1ccc2c(c1O)C(=O)C1=C(O)C3(O)C(=O)C(C(N)=O)=C(O)[C@@H](N(C)C)C3CC1C2.Cl.Cl. The Kier molecular flexibility index (Phi) is 10.0. The fraction of sp³-hybridized carbons (Fsp3) is 0.462. The van der Waals surface area contributed by atoms with Crippen LogP contribution >= 0.6 is 24.8 Å². The summed E-state index contributed by atoms with van der Waals surface area (Å²) >= 11 is 0. The maximum absolute atomic E-state index is 13.7. The zero-order valence-corrected chi connectivity index (χ0v) is 23.8. The van der Waals surface area contributed by atoms with Crippen LogP contribution in [0.3, 0.4) is 0 Å². The van der Waals surface area contributed by atoms with Gasteiger partial charge in [-0.1, -0.05) is 13.0 Å². The van der Waals surface area contributed by atoms with E-state index < -0.39 is 69.7 Å². The number of fused-ring (bicyclic) bond motifs is 3. The van der Waals surface area contributed by atoms with Crippen LogP contribution in [0.1, 0.15) is 35.7 Å². The number of carbonyl (C=O) groups is 4. The number of Topliss-reactive ketones (excluding diaryl/α,β-unsaturated/α-hetero) is 2. The average molecular weight is 601 g/mol. The van der Waals surface area contributed by atoms with Crippen LogP contribution in [0.25, 0.3) is 0 Å². The molecule has 40 heavy (non-hydrogen) atoms. The number of halogens is 2. The number of carbonyl (C=O) groups excluding carboxylic acids is 4. The molecular weight excluding hydrogens is 567 g/mol. The largest absolute Gasteiger partial charge is 0.510 e. The second kappa shape index (κ2) is 12.1. The first kappa shape index (κ1) is 33.0. The van der Waals surface area contributed by atoms with E-state index in [0.29, 0.717) is 12.1 Å². The van der Waals surface area contributed by atoms with Crippen LogP contribution in [0.4, 0.5) is 5.69 Å². The lowest BCUT2D eigenvalue weighted by atomic mass is 9.58. The number of rotatable bonds is 7. The number of aromatic hydroxyl groups is 1. The molecule has 3 aliphatic rings. The number of ketones is 2. The quantitative estimate of drug-likeness (QED) is 0.134. The van der Waals surface area contributed by atoms with E-state index in [1.165, 1.54) is 11.0 Å². The van der Waals surface area contributed by atoms with E-state index in [1.807, 2.05) is 6.92 Å². The normalized spacial score (nSPS) is 25.4. The minimum atomic E-state index is -2.70. The molecule has 220 valence electrons. The third-order valence-electron chi connectivity index (χ3n) is 7.58. The second-order valence-corrected chi connectivity index (χ2v) is 10.2. The van der Waals surface area contributed by atoms with Gasteiger partial charge in [0, 0.05) is 11.5 Å². The maximum atomic E-state index is 13.7. The van der Waals surface area contributed by atoms with Crippen molar-refractivity contribution in [2.24, 2.45) is 17.6 Å². The summed E-state index contributed by atoms with van der Waals surface area (Å²) in [5, 5.41) is 50.1. The van der Waals surface area contributed by atoms with Gasteiger partial charge < -0.3 is 36.8 Å². The van der Waals surface area contributed by atoms with Gasteiger partial charge in [-0.15, -0.1) is 24.8 Å². The van der Waals surface area contributed by atoms with Crippen molar-refractivity contribution >= 4 is 53.9 Å². The van der Waals surface area contributed by atoms with E-state index in [2.05, 4.69) is 10.6 Å². The van der Waals surface area contributed by atoms with Crippen molar-refractivity contribution in [2.45, 2.75) is 37.8 Å². The molecule has 0 spiro atoms. The predicted octanol–water partition coefficient (Wildman–Crippen LogP) is 0.902. The number of nitrogens with two attached hydrogens (primary N) is 1. The fourth-order valence-electron chi connectivity index (χ4n) is 5.90. The number of anilines is 1. The van der Waals surface area contributed by atoms with Crippen LogP contribution in [0.2, 0.25) is 0 Å². The van der Waals surface area contributed by atoms with Crippen LogP contribution < -0.4 is 16.4 Å². The summed E-state index contributed by atoms with van der Waals surface area (Å²) in [5.74, 6) is -7.61. The number of phenols is 1. The number of aliphatic hydroxyl groups is 3. The number of benzene rings is 1. The van der Waals surface area contributed by atoms with E-state index >= 15 is 0 Å². The summed E-state index contributed by atoms with van der Waals surface area (Å²) < 4.78 is 0. The molecule has 0 aromatic heterocycles. The maximum Gasteiger partial charge on any atom is 0.255 e. The van der Waals surface area contributed by atoms with Crippen LogP contribution in [-0.2, 0) is 20.8 Å². The molecule has 0 heterocycles. The van der Waals surface area contributed by atoms with E-state index in [4.69, 9.17) is 5.73 Å². The van der Waals surface area contributed by atoms with Gasteiger partial charge in [-0.3, -0.25) is 24.1 Å². The Labute approximate surface area is 243 Å². The number of nitrogens with one attached hydrogen (secondary N) is 2. The highest BCUT2D eigenvalue weighted by Gasteiger charge is 2.63. The molecular formula is C26H34Cl2N4O8. The molecule has 0 fully saturated rings. The summed E-state index contributed by atoms with van der Waals surface area (Å²) in [7, 11) is 3.14. The number of hydrogen-bond acceptors (Lipinski definition) is 10. The first-order chi connectivity index (χ1) is 17.9. The molecule has 14 heteroatoms. The van der Waals surface area contributed by atoms with Crippen molar-refractivity contribution < 1.29 is 39.6 Å². The zero-order valence-electron chi connectivity index (χ0n) is 22.2. The highest BCUT2D eigenvalue weighted by Crippen LogP contribution is 2.52. The van der Waals surface area contributed by atoms with Crippen LogP contribution in [0.15, 0.2) is 34.8 Å². The lowest BCUT2D eigenvalue weighted by Crippen LogP contribution is -2.63. The monoisotopic (exact) mass is 600 g/mol. The number of nitrogens with zero attached hydrogens (tertiary/aromatic N) is 1. The van der Waals surface area contributed by atoms with Crippen LogP contribution in [-0.4, -0.2) is 87.5 Å². The van der Waals surface area contributed by atoms with E-state index in [-0.39, 0.29) is 61.0 Å². The number of amides is 2. The molecule has 0 bridgehead atoms. The van der Waals surface area contributed by atoms with Gasteiger partial charge in [0.2, 0.25) is 11.7 Å². The molecule has 3 unspecified atom stereocenters.